The second-order valence-corrected chi connectivity index (χ2v) is 6.09. The third-order valence-corrected chi connectivity index (χ3v) is 4.66. The van der Waals surface area contributed by atoms with Crippen LogP contribution in [0.25, 0.3) is 11.0 Å². The first kappa shape index (κ1) is 12.8. The quantitative estimate of drug-likeness (QED) is 0.744. The van der Waals surface area contributed by atoms with Gasteiger partial charge in [-0.2, -0.15) is 0 Å². The van der Waals surface area contributed by atoms with Gasteiger partial charge in [0.1, 0.15) is 11.1 Å². The molecule has 108 valence electrons. The van der Waals surface area contributed by atoms with Gasteiger partial charge >= 0.3 is 0 Å². The topological polar surface area (TPSA) is 45.4 Å². The van der Waals surface area contributed by atoms with Crippen molar-refractivity contribution in [1.29, 1.82) is 0 Å². The van der Waals surface area contributed by atoms with Gasteiger partial charge in [0, 0.05) is 38.1 Å². The van der Waals surface area contributed by atoms with Crippen molar-refractivity contribution in [2.75, 3.05) is 31.1 Å². The average molecular weight is 300 g/mol. The molecule has 21 heavy (non-hydrogen) atoms. The van der Waals surface area contributed by atoms with E-state index >= 15 is 0 Å². The highest BCUT2D eigenvalue weighted by atomic mass is 32.1. The molecule has 3 aromatic rings. The summed E-state index contributed by atoms with van der Waals surface area (Å²) in [6.07, 6.45) is 1.75. The lowest BCUT2D eigenvalue weighted by Crippen LogP contribution is -2.45. The van der Waals surface area contributed by atoms with Gasteiger partial charge in [0.05, 0.1) is 6.26 Å². The molecule has 0 bridgehead atoms. The van der Waals surface area contributed by atoms with Gasteiger partial charge in [0.2, 0.25) is 5.13 Å². The Labute approximate surface area is 126 Å². The molecule has 0 aliphatic carbocycles. The van der Waals surface area contributed by atoms with Crippen LogP contribution in [0.5, 0.6) is 0 Å². The maximum atomic E-state index is 5.39. The summed E-state index contributed by atoms with van der Waals surface area (Å²) >= 11 is 1.61. The lowest BCUT2D eigenvalue weighted by Gasteiger charge is -2.34. The highest BCUT2D eigenvalue weighted by Gasteiger charge is 2.19. The summed E-state index contributed by atoms with van der Waals surface area (Å²) < 4.78 is 5.39. The minimum absolute atomic E-state index is 0.958. The van der Waals surface area contributed by atoms with Gasteiger partial charge < -0.3 is 9.32 Å². The van der Waals surface area contributed by atoms with Crippen LogP contribution in [0.2, 0.25) is 0 Å². The van der Waals surface area contributed by atoms with Gasteiger partial charge in [-0.1, -0.05) is 17.4 Å². The zero-order chi connectivity index (χ0) is 14.1. The van der Waals surface area contributed by atoms with Crippen LogP contribution in [0.15, 0.2) is 40.5 Å². The van der Waals surface area contributed by atoms with E-state index < -0.39 is 0 Å². The van der Waals surface area contributed by atoms with E-state index in [1.54, 1.807) is 23.1 Å². The summed E-state index contributed by atoms with van der Waals surface area (Å²) in [6.45, 7) is 5.14. The Bertz CT molecular complexity index is 716. The molecule has 4 rings (SSSR count). The van der Waals surface area contributed by atoms with E-state index in [-0.39, 0.29) is 0 Å². The molecule has 0 atom stereocenters. The fourth-order valence-electron chi connectivity index (χ4n) is 2.77. The standard InChI is InChI=1S/C15H16N4OS/c1-2-14-13(3-8-20-14)9-12(1)10-18-4-6-19(7-5-18)15-17-16-11-21-15/h1-3,8-9,11H,4-7,10H2. The van der Waals surface area contributed by atoms with E-state index in [1.165, 1.54) is 10.9 Å². The first-order valence-electron chi connectivity index (χ1n) is 7.08. The first-order valence-corrected chi connectivity index (χ1v) is 7.96. The molecule has 6 heteroatoms. The van der Waals surface area contributed by atoms with Crippen molar-refractivity contribution in [1.82, 2.24) is 15.1 Å². The molecule has 1 fully saturated rings. The Hall–Kier alpha value is -1.92. The normalized spacial score (nSPS) is 16.7. The van der Waals surface area contributed by atoms with E-state index in [0.717, 1.165) is 43.4 Å². The monoisotopic (exact) mass is 300 g/mol. The highest BCUT2D eigenvalue weighted by Crippen LogP contribution is 2.20. The summed E-state index contributed by atoms with van der Waals surface area (Å²) in [6, 6.07) is 8.45. The first-order chi connectivity index (χ1) is 10.4. The van der Waals surface area contributed by atoms with Crippen molar-refractivity contribution in [3.8, 4) is 0 Å². The van der Waals surface area contributed by atoms with Crippen LogP contribution >= 0.6 is 11.3 Å². The molecule has 1 aliphatic rings. The van der Waals surface area contributed by atoms with Gasteiger partial charge in [-0.25, -0.2) is 0 Å². The molecule has 0 amide bonds. The Morgan fingerprint density at radius 1 is 1.14 bits per heavy atom. The molecule has 0 unspecified atom stereocenters. The van der Waals surface area contributed by atoms with Crippen molar-refractivity contribution in [2.45, 2.75) is 6.54 Å². The van der Waals surface area contributed by atoms with Gasteiger partial charge in [-0.15, -0.1) is 10.2 Å². The number of benzene rings is 1. The van der Waals surface area contributed by atoms with Gasteiger partial charge in [-0.3, -0.25) is 4.90 Å². The van der Waals surface area contributed by atoms with Crippen molar-refractivity contribution < 1.29 is 4.42 Å². The molecule has 0 N–H and O–H groups in total. The lowest BCUT2D eigenvalue weighted by atomic mass is 10.1. The van der Waals surface area contributed by atoms with E-state index in [9.17, 15) is 0 Å². The smallest absolute Gasteiger partial charge is 0.208 e. The number of hydrogen-bond donors (Lipinski definition) is 0. The molecular weight excluding hydrogens is 284 g/mol. The SMILES string of the molecule is c1cc2cc(CN3CCN(c4nncs4)CC3)ccc2o1. The fraction of sp³-hybridized carbons (Fsp3) is 0.333. The molecule has 2 aromatic heterocycles. The molecule has 1 aliphatic heterocycles. The summed E-state index contributed by atoms with van der Waals surface area (Å²) in [5.41, 5.74) is 4.09. The second kappa shape index (κ2) is 5.46. The molecule has 1 saturated heterocycles. The number of rotatable bonds is 3. The number of nitrogens with zero attached hydrogens (tertiary/aromatic N) is 4. The largest absolute Gasteiger partial charge is 0.464 e. The maximum absolute atomic E-state index is 5.39. The number of fused-ring (bicyclic) bond motifs is 1. The summed E-state index contributed by atoms with van der Waals surface area (Å²) in [5.74, 6) is 0. The Morgan fingerprint density at radius 3 is 2.86 bits per heavy atom. The molecular formula is C15H16N4OS. The molecule has 5 nitrogen and oxygen atoms in total. The third kappa shape index (κ3) is 2.64. The van der Waals surface area contributed by atoms with Crippen LogP contribution in [0.4, 0.5) is 5.13 Å². The average Bonchev–Trinajstić information content (AvgIpc) is 3.19. The van der Waals surface area contributed by atoms with Gasteiger partial charge in [0.25, 0.3) is 0 Å². The Kier molecular flexibility index (Phi) is 3.33. The van der Waals surface area contributed by atoms with Crippen LogP contribution in [0.3, 0.4) is 0 Å². The van der Waals surface area contributed by atoms with Gasteiger partial charge in [0.15, 0.2) is 0 Å². The van der Waals surface area contributed by atoms with Crippen LogP contribution in [-0.2, 0) is 6.54 Å². The number of furan rings is 1. The van der Waals surface area contributed by atoms with Crippen LogP contribution in [-0.4, -0.2) is 41.3 Å². The molecule has 0 spiro atoms. The molecule has 3 heterocycles. The van der Waals surface area contributed by atoms with Crippen LogP contribution < -0.4 is 4.90 Å². The number of hydrogen-bond acceptors (Lipinski definition) is 6. The van der Waals surface area contributed by atoms with Crippen molar-refractivity contribution in [2.24, 2.45) is 0 Å². The van der Waals surface area contributed by atoms with E-state index in [2.05, 4.69) is 38.2 Å². The summed E-state index contributed by atoms with van der Waals surface area (Å²) in [7, 11) is 0. The Morgan fingerprint density at radius 2 is 2.05 bits per heavy atom. The minimum Gasteiger partial charge on any atom is -0.464 e. The zero-order valence-electron chi connectivity index (χ0n) is 11.6. The predicted octanol–water partition coefficient (Wildman–Crippen LogP) is 2.61. The molecule has 0 saturated carbocycles. The highest BCUT2D eigenvalue weighted by molar-refractivity contribution is 7.13. The summed E-state index contributed by atoms with van der Waals surface area (Å²) in [4.78, 5) is 4.80. The molecule has 1 aromatic carbocycles. The van der Waals surface area contributed by atoms with Gasteiger partial charge in [-0.05, 0) is 23.8 Å². The van der Waals surface area contributed by atoms with Crippen molar-refractivity contribution in [3.63, 3.8) is 0 Å². The molecule has 0 radical (unpaired) electrons. The van der Waals surface area contributed by atoms with Crippen LogP contribution in [0, 0.1) is 0 Å². The van der Waals surface area contributed by atoms with E-state index in [1.807, 2.05) is 6.07 Å². The number of aromatic nitrogens is 2. The Balaban J connectivity index is 1.40. The fourth-order valence-corrected chi connectivity index (χ4v) is 3.39. The lowest BCUT2D eigenvalue weighted by molar-refractivity contribution is 0.250. The van der Waals surface area contributed by atoms with Crippen LogP contribution in [0.1, 0.15) is 5.56 Å². The number of piperazine rings is 1. The zero-order valence-corrected chi connectivity index (χ0v) is 12.4. The van der Waals surface area contributed by atoms with E-state index in [0.29, 0.717) is 0 Å². The minimum atomic E-state index is 0.958. The van der Waals surface area contributed by atoms with Crippen molar-refractivity contribution in [3.05, 3.63) is 41.6 Å². The number of anilines is 1. The third-order valence-electron chi connectivity index (χ3n) is 3.91. The van der Waals surface area contributed by atoms with E-state index in [4.69, 9.17) is 4.42 Å². The predicted molar refractivity (Wildman–Crippen MR) is 83.6 cm³/mol. The summed E-state index contributed by atoms with van der Waals surface area (Å²) in [5, 5.41) is 10.3. The second-order valence-electron chi connectivity index (χ2n) is 5.28. The van der Waals surface area contributed by atoms with Crippen molar-refractivity contribution >= 4 is 27.4 Å². The maximum Gasteiger partial charge on any atom is 0.208 e.